The predicted octanol–water partition coefficient (Wildman–Crippen LogP) is 1.70. The number of hydrogen-bond donors (Lipinski definition) is 3. The van der Waals surface area contributed by atoms with Gasteiger partial charge in [-0.05, 0) is 31.2 Å². The van der Waals surface area contributed by atoms with E-state index in [0.29, 0.717) is 10.6 Å². The van der Waals surface area contributed by atoms with Crippen LogP contribution >= 0.6 is 11.3 Å². The maximum Gasteiger partial charge on any atom is 0.284 e. The summed E-state index contributed by atoms with van der Waals surface area (Å²) < 4.78 is 1.74. The van der Waals surface area contributed by atoms with Crippen molar-refractivity contribution in [3.63, 3.8) is 0 Å². The first-order chi connectivity index (χ1) is 9.52. The molecule has 2 rings (SSSR count). The van der Waals surface area contributed by atoms with Gasteiger partial charge in [-0.25, -0.2) is 5.48 Å². The zero-order valence-electron chi connectivity index (χ0n) is 11.1. The molecular formula is C13H15N3O3S. The van der Waals surface area contributed by atoms with Crippen molar-refractivity contribution < 1.29 is 14.8 Å². The monoisotopic (exact) mass is 293 g/mol. The second-order valence-electron chi connectivity index (χ2n) is 4.34. The molecule has 0 aromatic carbocycles. The molecule has 0 aliphatic heterocycles. The van der Waals surface area contributed by atoms with Crippen molar-refractivity contribution in [1.29, 1.82) is 0 Å². The van der Waals surface area contributed by atoms with Gasteiger partial charge in [0.15, 0.2) is 0 Å². The molecule has 2 aromatic rings. The van der Waals surface area contributed by atoms with Gasteiger partial charge in [0.25, 0.3) is 11.8 Å². The van der Waals surface area contributed by atoms with E-state index in [1.165, 1.54) is 11.3 Å². The van der Waals surface area contributed by atoms with Crippen molar-refractivity contribution in [2.24, 2.45) is 7.05 Å². The van der Waals surface area contributed by atoms with Crippen LogP contribution in [0.25, 0.3) is 0 Å². The quantitative estimate of drug-likeness (QED) is 0.592. The van der Waals surface area contributed by atoms with E-state index in [0.717, 1.165) is 4.88 Å². The lowest BCUT2D eigenvalue weighted by atomic mass is 10.2. The molecule has 0 aliphatic carbocycles. The average molecular weight is 293 g/mol. The number of hydrogen-bond acceptors (Lipinski definition) is 4. The lowest BCUT2D eigenvalue weighted by Gasteiger charge is -2.12. The van der Waals surface area contributed by atoms with Crippen molar-refractivity contribution in [2.45, 2.75) is 13.0 Å². The van der Waals surface area contributed by atoms with Crippen LogP contribution in [0.5, 0.6) is 0 Å². The zero-order chi connectivity index (χ0) is 14.7. The SMILES string of the molecule is C[C@@H](NC(=O)c1cccn1C)c1ccc(C(=O)NO)s1. The molecule has 0 aliphatic rings. The Bertz CT molecular complexity index is 632. The summed E-state index contributed by atoms with van der Waals surface area (Å²) in [5, 5.41) is 11.4. The smallest absolute Gasteiger partial charge is 0.284 e. The Morgan fingerprint density at radius 2 is 2.05 bits per heavy atom. The molecule has 2 amide bonds. The van der Waals surface area contributed by atoms with Gasteiger partial charge in [0.2, 0.25) is 0 Å². The Morgan fingerprint density at radius 3 is 2.65 bits per heavy atom. The predicted molar refractivity (Wildman–Crippen MR) is 74.9 cm³/mol. The van der Waals surface area contributed by atoms with Crippen molar-refractivity contribution in [2.75, 3.05) is 0 Å². The van der Waals surface area contributed by atoms with Crippen LogP contribution in [0.15, 0.2) is 30.5 Å². The van der Waals surface area contributed by atoms with Crippen LogP contribution < -0.4 is 10.8 Å². The van der Waals surface area contributed by atoms with E-state index in [4.69, 9.17) is 5.21 Å². The Morgan fingerprint density at radius 1 is 1.30 bits per heavy atom. The van der Waals surface area contributed by atoms with Gasteiger partial charge in [0.1, 0.15) is 5.69 Å². The molecule has 20 heavy (non-hydrogen) atoms. The minimum absolute atomic E-state index is 0.174. The van der Waals surface area contributed by atoms with E-state index < -0.39 is 5.91 Å². The number of carbonyl (C=O) groups excluding carboxylic acids is 2. The molecule has 0 radical (unpaired) electrons. The molecular weight excluding hydrogens is 278 g/mol. The summed E-state index contributed by atoms with van der Waals surface area (Å²) >= 11 is 1.22. The highest BCUT2D eigenvalue weighted by atomic mass is 32.1. The Balaban J connectivity index is 2.07. The molecule has 0 spiro atoms. The summed E-state index contributed by atoms with van der Waals surface area (Å²) in [5.41, 5.74) is 2.16. The van der Waals surface area contributed by atoms with Crippen molar-refractivity contribution in [1.82, 2.24) is 15.4 Å². The van der Waals surface area contributed by atoms with Gasteiger partial charge in [0, 0.05) is 18.1 Å². The Kier molecular flexibility index (Phi) is 4.21. The van der Waals surface area contributed by atoms with Crippen molar-refractivity contribution in [3.05, 3.63) is 45.9 Å². The maximum atomic E-state index is 12.1. The van der Waals surface area contributed by atoms with Crippen LogP contribution in [-0.4, -0.2) is 21.6 Å². The maximum absolute atomic E-state index is 12.1. The second kappa shape index (κ2) is 5.89. The van der Waals surface area contributed by atoms with Crippen LogP contribution in [0, 0.1) is 0 Å². The first kappa shape index (κ1) is 14.3. The van der Waals surface area contributed by atoms with E-state index in [1.54, 1.807) is 47.6 Å². The fourth-order valence-corrected chi connectivity index (χ4v) is 2.70. The third-order valence-electron chi connectivity index (χ3n) is 2.90. The van der Waals surface area contributed by atoms with Crippen molar-refractivity contribution >= 4 is 23.2 Å². The summed E-state index contributed by atoms with van der Waals surface area (Å²) in [5.74, 6) is -0.728. The third kappa shape index (κ3) is 2.89. The van der Waals surface area contributed by atoms with Gasteiger partial charge in [-0.1, -0.05) is 0 Å². The molecule has 3 N–H and O–H groups in total. The number of rotatable bonds is 4. The van der Waals surface area contributed by atoms with Gasteiger partial charge in [-0.2, -0.15) is 0 Å². The number of aryl methyl sites for hydroxylation is 1. The number of hydroxylamine groups is 1. The van der Waals surface area contributed by atoms with Gasteiger partial charge in [-0.15, -0.1) is 11.3 Å². The number of nitrogens with zero attached hydrogens (tertiary/aromatic N) is 1. The zero-order valence-corrected chi connectivity index (χ0v) is 11.9. The molecule has 2 aromatic heterocycles. The minimum Gasteiger partial charge on any atom is -0.347 e. The summed E-state index contributed by atoms with van der Waals surface area (Å²) in [6.45, 7) is 1.84. The molecule has 0 unspecified atom stereocenters. The number of thiophene rings is 1. The highest BCUT2D eigenvalue weighted by Crippen LogP contribution is 2.23. The lowest BCUT2D eigenvalue weighted by molar-refractivity contribution is 0.0711. The normalized spacial score (nSPS) is 11.9. The molecule has 1 atom stereocenters. The van der Waals surface area contributed by atoms with Crippen LogP contribution in [-0.2, 0) is 7.05 Å². The standard InChI is InChI=1S/C13H15N3O3S/c1-8(10-5-6-11(20-10)13(18)15-19)14-12(17)9-4-3-7-16(9)2/h3-8,19H,1-2H3,(H,14,17)(H,15,18)/t8-/m1/s1. The molecule has 2 heterocycles. The van der Waals surface area contributed by atoms with E-state index in [1.807, 2.05) is 6.92 Å². The fourth-order valence-electron chi connectivity index (χ4n) is 1.80. The molecule has 106 valence electrons. The van der Waals surface area contributed by atoms with Crippen molar-refractivity contribution in [3.8, 4) is 0 Å². The molecule has 0 fully saturated rings. The van der Waals surface area contributed by atoms with E-state index in [-0.39, 0.29) is 11.9 Å². The summed E-state index contributed by atoms with van der Waals surface area (Å²) in [7, 11) is 1.80. The number of aromatic nitrogens is 1. The van der Waals surface area contributed by atoms with Gasteiger partial charge in [0.05, 0.1) is 10.9 Å². The minimum atomic E-state index is -0.554. The van der Waals surface area contributed by atoms with E-state index >= 15 is 0 Å². The second-order valence-corrected chi connectivity index (χ2v) is 5.46. The summed E-state index contributed by atoms with van der Waals surface area (Å²) in [4.78, 5) is 24.6. The molecule has 0 bridgehead atoms. The highest BCUT2D eigenvalue weighted by molar-refractivity contribution is 7.14. The summed E-state index contributed by atoms with van der Waals surface area (Å²) in [6, 6.07) is 6.68. The topological polar surface area (TPSA) is 83.4 Å². The Hall–Kier alpha value is -2.12. The number of nitrogens with one attached hydrogen (secondary N) is 2. The molecule has 7 heteroatoms. The van der Waals surface area contributed by atoms with Gasteiger partial charge in [-0.3, -0.25) is 14.8 Å². The van der Waals surface area contributed by atoms with Gasteiger partial charge < -0.3 is 9.88 Å². The number of carbonyl (C=O) groups is 2. The van der Waals surface area contributed by atoms with E-state index in [9.17, 15) is 9.59 Å². The summed E-state index contributed by atoms with van der Waals surface area (Å²) in [6.07, 6.45) is 1.80. The van der Waals surface area contributed by atoms with Crippen LogP contribution in [0.2, 0.25) is 0 Å². The van der Waals surface area contributed by atoms with Crippen LogP contribution in [0.1, 0.15) is 38.0 Å². The molecule has 0 saturated carbocycles. The fraction of sp³-hybridized carbons (Fsp3) is 0.231. The van der Waals surface area contributed by atoms with Gasteiger partial charge >= 0.3 is 0 Å². The van der Waals surface area contributed by atoms with E-state index in [2.05, 4.69) is 5.32 Å². The number of amides is 2. The van der Waals surface area contributed by atoms with Crippen LogP contribution in [0.4, 0.5) is 0 Å². The Labute approximate surface area is 120 Å². The van der Waals surface area contributed by atoms with Crippen LogP contribution in [0.3, 0.4) is 0 Å². The largest absolute Gasteiger partial charge is 0.347 e. The highest BCUT2D eigenvalue weighted by Gasteiger charge is 2.16. The average Bonchev–Trinajstić information content (AvgIpc) is 3.06. The lowest BCUT2D eigenvalue weighted by Crippen LogP contribution is -2.27. The first-order valence-corrected chi connectivity index (χ1v) is 6.81. The molecule has 0 saturated heterocycles. The molecule has 6 nitrogen and oxygen atoms in total. The third-order valence-corrected chi connectivity index (χ3v) is 4.17. The first-order valence-electron chi connectivity index (χ1n) is 5.99.